The predicted molar refractivity (Wildman–Crippen MR) is 77.9 cm³/mol. The van der Waals surface area contributed by atoms with Gasteiger partial charge in [0.25, 0.3) is 0 Å². The maximum Gasteiger partial charge on any atom is 0.240 e. The van der Waals surface area contributed by atoms with Crippen molar-refractivity contribution in [3.63, 3.8) is 0 Å². The van der Waals surface area contributed by atoms with E-state index < -0.39 is 0 Å². The molecule has 1 N–H and O–H groups in total. The first-order valence-electron chi connectivity index (χ1n) is 6.46. The number of nitrogens with one attached hydrogen (secondary N) is 1. The van der Waals surface area contributed by atoms with E-state index >= 15 is 0 Å². The van der Waals surface area contributed by atoms with Crippen LogP contribution in [0.15, 0.2) is 28.8 Å². The van der Waals surface area contributed by atoms with E-state index in [1.807, 2.05) is 19.2 Å². The van der Waals surface area contributed by atoms with E-state index in [1.165, 1.54) is 6.07 Å². The van der Waals surface area contributed by atoms with Crippen molar-refractivity contribution >= 4 is 11.8 Å². The molecule has 0 bridgehead atoms. The highest BCUT2D eigenvalue weighted by molar-refractivity contribution is 7.97. The second-order valence-corrected chi connectivity index (χ2v) is 5.48. The quantitative estimate of drug-likeness (QED) is 0.851. The molecule has 1 aromatic carbocycles. The van der Waals surface area contributed by atoms with E-state index in [2.05, 4.69) is 15.5 Å². The summed E-state index contributed by atoms with van der Waals surface area (Å²) in [5, 5.41) is 7.14. The van der Waals surface area contributed by atoms with Crippen molar-refractivity contribution in [2.24, 2.45) is 0 Å². The lowest BCUT2D eigenvalue weighted by atomic mass is 10.1. The second-order valence-electron chi connectivity index (χ2n) is 4.61. The number of rotatable bonds is 7. The van der Waals surface area contributed by atoms with Crippen molar-refractivity contribution in [1.29, 1.82) is 0 Å². The lowest BCUT2D eigenvalue weighted by Crippen LogP contribution is -2.28. The number of aromatic nitrogens is 2. The number of benzene rings is 1. The van der Waals surface area contributed by atoms with Crippen LogP contribution in [0.3, 0.4) is 0 Å². The van der Waals surface area contributed by atoms with Crippen molar-refractivity contribution in [1.82, 2.24) is 15.5 Å². The number of nitrogens with zero attached hydrogens (tertiary/aromatic N) is 2. The first-order valence-corrected chi connectivity index (χ1v) is 7.85. The number of hydrogen-bond acceptors (Lipinski definition) is 5. The molecular formula is C14H18FN3OS. The Morgan fingerprint density at radius 1 is 1.40 bits per heavy atom. The van der Waals surface area contributed by atoms with Crippen molar-refractivity contribution in [3.8, 4) is 0 Å². The van der Waals surface area contributed by atoms with Crippen LogP contribution in [0.4, 0.5) is 4.39 Å². The van der Waals surface area contributed by atoms with Gasteiger partial charge in [0.15, 0.2) is 5.82 Å². The maximum absolute atomic E-state index is 13.5. The Morgan fingerprint density at radius 2 is 2.20 bits per heavy atom. The fourth-order valence-electron chi connectivity index (χ4n) is 1.88. The molecule has 0 saturated carbocycles. The van der Waals surface area contributed by atoms with E-state index in [9.17, 15) is 4.39 Å². The van der Waals surface area contributed by atoms with Crippen LogP contribution < -0.4 is 5.32 Å². The monoisotopic (exact) mass is 295 g/mol. The zero-order chi connectivity index (χ0) is 14.4. The molecule has 6 heteroatoms. The normalized spacial score (nSPS) is 12.6. The molecule has 0 radical (unpaired) electrons. The van der Waals surface area contributed by atoms with Gasteiger partial charge in [-0.15, -0.1) is 0 Å². The van der Waals surface area contributed by atoms with Gasteiger partial charge in [0.1, 0.15) is 5.82 Å². The summed E-state index contributed by atoms with van der Waals surface area (Å²) in [7, 11) is 0. The second kappa shape index (κ2) is 7.40. The minimum absolute atomic E-state index is 0.128. The van der Waals surface area contributed by atoms with Gasteiger partial charge < -0.3 is 9.84 Å². The van der Waals surface area contributed by atoms with Gasteiger partial charge in [0.2, 0.25) is 5.89 Å². The Balaban J connectivity index is 1.82. The summed E-state index contributed by atoms with van der Waals surface area (Å²) < 4.78 is 18.7. The third-order valence-electron chi connectivity index (χ3n) is 2.87. The third kappa shape index (κ3) is 4.31. The summed E-state index contributed by atoms with van der Waals surface area (Å²) >= 11 is 1.65. The molecule has 108 valence electrons. The Kier molecular flexibility index (Phi) is 5.55. The molecule has 2 rings (SSSR count). The van der Waals surface area contributed by atoms with Crippen molar-refractivity contribution in [3.05, 3.63) is 47.4 Å². The van der Waals surface area contributed by atoms with Crippen molar-refractivity contribution in [2.75, 3.05) is 6.26 Å². The Bertz CT molecular complexity index is 547. The third-order valence-corrected chi connectivity index (χ3v) is 3.42. The number of halogens is 1. The minimum atomic E-state index is -0.166. The molecule has 20 heavy (non-hydrogen) atoms. The van der Waals surface area contributed by atoms with Gasteiger partial charge in [-0.1, -0.05) is 23.4 Å². The number of hydrogen-bond donors (Lipinski definition) is 1. The average Bonchev–Trinajstić information content (AvgIpc) is 2.87. The number of thioether (sulfide) groups is 1. The summed E-state index contributed by atoms with van der Waals surface area (Å²) in [5.41, 5.74) is 0.709. The van der Waals surface area contributed by atoms with Crippen LogP contribution >= 0.6 is 11.8 Å². The molecule has 1 aromatic heterocycles. The Hall–Kier alpha value is -1.40. The van der Waals surface area contributed by atoms with Gasteiger partial charge in [0.05, 0.1) is 12.3 Å². The molecule has 0 unspecified atom stereocenters. The smallest absolute Gasteiger partial charge is 0.240 e. The van der Waals surface area contributed by atoms with Gasteiger partial charge in [-0.3, -0.25) is 0 Å². The molecule has 0 saturated heterocycles. The van der Waals surface area contributed by atoms with Crippen molar-refractivity contribution < 1.29 is 8.91 Å². The van der Waals surface area contributed by atoms with E-state index in [4.69, 9.17) is 4.52 Å². The highest BCUT2D eigenvalue weighted by atomic mass is 32.2. The molecule has 1 heterocycles. The summed E-state index contributed by atoms with van der Waals surface area (Å²) in [6, 6.07) is 6.95. The van der Waals surface area contributed by atoms with Gasteiger partial charge in [-0.2, -0.15) is 16.7 Å². The van der Waals surface area contributed by atoms with Gasteiger partial charge in [-0.25, -0.2) is 4.39 Å². The first-order chi connectivity index (χ1) is 9.69. The lowest BCUT2D eigenvalue weighted by Gasteiger charge is -2.12. The standard InChI is InChI=1S/C14H18FN3OS/c1-10(7-11-5-3-4-6-12(11)15)16-8-14-17-13(9-20-2)18-19-14/h3-6,10,16H,7-9H2,1-2H3/t10-/m1/s1. The van der Waals surface area contributed by atoms with Crippen molar-refractivity contribution in [2.45, 2.75) is 31.7 Å². The van der Waals surface area contributed by atoms with Crippen LogP contribution in [0.5, 0.6) is 0 Å². The Morgan fingerprint density at radius 3 is 2.95 bits per heavy atom. The largest absolute Gasteiger partial charge is 0.338 e. The first kappa shape index (κ1) is 15.0. The van der Waals surface area contributed by atoms with Gasteiger partial charge in [-0.05, 0) is 31.2 Å². The summed E-state index contributed by atoms with van der Waals surface area (Å²) in [6.45, 7) is 2.50. The fraction of sp³-hybridized carbons (Fsp3) is 0.429. The molecule has 0 aliphatic heterocycles. The van der Waals surface area contributed by atoms with Crippen LogP contribution in [0.1, 0.15) is 24.2 Å². The molecule has 2 aromatic rings. The summed E-state index contributed by atoms with van der Waals surface area (Å²) in [6.07, 6.45) is 2.61. The van der Waals surface area contributed by atoms with Crippen LogP contribution in [0, 0.1) is 5.82 Å². The molecule has 0 aliphatic carbocycles. The fourth-order valence-corrected chi connectivity index (χ4v) is 2.25. The molecule has 0 amide bonds. The van der Waals surface area contributed by atoms with Crippen LogP contribution in [0.25, 0.3) is 0 Å². The molecule has 0 spiro atoms. The topological polar surface area (TPSA) is 51.0 Å². The van der Waals surface area contributed by atoms with E-state index in [1.54, 1.807) is 23.9 Å². The highest BCUT2D eigenvalue weighted by Gasteiger charge is 2.10. The molecule has 1 atom stereocenters. The zero-order valence-electron chi connectivity index (χ0n) is 11.6. The van der Waals surface area contributed by atoms with E-state index in [-0.39, 0.29) is 11.9 Å². The summed E-state index contributed by atoms with van der Waals surface area (Å²) in [5.74, 6) is 1.85. The molecular weight excluding hydrogens is 277 g/mol. The molecule has 4 nitrogen and oxygen atoms in total. The highest BCUT2D eigenvalue weighted by Crippen LogP contribution is 2.10. The minimum Gasteiger partial charge on any atom is -0.338 e. The van der Waals surface area contributed by atoms with E-state index in [0.29, 0.717) is 30.2 Å². The average molecular weight is 295 g/mol. The SMILES string of the molecule is CSCc1noc(CN[C@H](C)Cc2ccccc2F)n1. The van der Waals surface area contributed by atoms with E-state index in [0.717, 1.165) is 5.75 Å². The zero-order valence-corrected chi connectivity index (χ0v) is 12.4. The molecule has 0 fully saturated rings. The molecule has 0 aliphatic rings. The maximum atomic E-state index is 13.5. The van der Waals surface area contributed by atoms with Gasteiger partial charge in [0, 0.05) is 6.04 Å². The summed E-state index contributed by atoms with van der Waals surface area (Å²) in [4.78, 5) is 4.26. The predicted octanol–water partition coefficient (Wildman–Crippen LogP) is 2.79. The van der Waals surface area contributed by atoms with Crippen LogP contribution in [-0.2, 0) is 18.7 Å². The van der Waals surface area contributed by atoms with Crippen LogP contribution in [0.2, 0.25) is 0 Å². The Labute approximate surface area is 122 Å². The van der Waals surface area contributed by atoms with Crippen LogP contribution in [-0.4, -0.2) is 22.4 Å². The van der Waals surface area contributed by atoms with Gasteiger partial charge >= 0.3 is 0 Å². The lowest BCUT2D eigenvalue weighted by molar-refractivity contribution is 0.355.